The van der Waals surface area contributed by atoms with Crippen LogP contribution in [0.2, 0.25) is 0 Å². The summed E-state index contributed by atoms with van der Waals surface area (Å²) in [7, 11) is 0. The predicted octanol–water partition coefficient (Wildman–Crippen LogP) is 0.0697. The molecule has 2 aliphatic rings. The maximum atomic E-state index is 12.1. The Morgan fingerprint density at radius 3 is 2.58 bits per heavy atom. The first-order valence-electron chi connectivity index (χ1n) is 6.01. The number of rotatable bonds is 1. The van der Waals surface area contributed by atoms with Crippen molar-refractivity contribution in [2.24, 2.45) is 5.84 Å². The number of hydrogen-bond donors (Lipinski definition) is 5. The van der Waals surface area contributed by atoms with Gasteiger partial charge in [0.25, 0.3) is 5.91 Å². The highest BCUT2D eigenvalue weighted by molar-refractivity contribution is 6.20. The summed E-state index contributed by atoms with van der Waals surface area (Å²) in [5, 5.41) is 9.17. The Kier molecular flexibility index (Phi) is 2.24. The average Bonchev–Trinajstić information content (AvgIpc) is 2.85. The van der Waals surface area contributed by atoms with Crippen molar-refractivity contribution in [3.63, 3.8) is 0 Å². The third kappa shape index (κ3) is 1.42. The number of carbonyl (C=O) groups excluding carboxylic acids is 2. The van der Waals surface area contributed by atoms with Gasteiger partial charge in [0.2, 0.25) is 5.91 Å². The van der Waals surface area contributed by atoms with Gasteiger partial charge in [-0.25, -0.2) is 5.84 Å². The lowest BCUT2D eigenvalue weighted by molar-refractivity contribution is -0.133. The molecule has 0 aromatic heterocycles. The molecule has 0 bridgehead atoms. The summed E-state index contributed by atoms with van der Waals surface area (Å²) in [6, 6.07) is 3.64. The maximum Gasteiger partial charge on any atom is 0.253 e. The SMILES string of the molecule is CC1Nc2cc3c(cc2N1)C(C)(C(=O)NN)C(=O)N3. The van der Waals surface area contributed by atoms with Gasteiger partial charge in [-0.3, -0.25) is 15.0 Å². The second-order valence-electron chi connectivity index (χ2n) is 5.01. The number of benzene rings is 1. The summed E-state index contributed by atoms with van der Waals surface area (Å²) in [5.74, 6) is 4.29. The van der Waals surface area contributed by atoms with Crippen molar-refractivity contribution < 1.29 is 9.59 Å². The normalized spacial score (nSPS) is 26.9. The van der Waals surface area contributed by atoms with Gasteiger partial charge in [-0.05, 0) is 26.0 Å². The Labute approximate surface area is 109 Å². The lowest BCUT2D eigenvalue weighted by Crippen LogP contribution is -2.49. The second kappa shape index (κ2) is 3.61. The maximum absolute atomic E-state index is 12.1. The largest absolute Gasteiger partial charge is 0.364 e. The first-order valence-corrected chi connectivity index (χ1v) is 6.01. The number of nitrogens with one attached hydrogen (secondary N) is 4. The molecule has 6 N–H and O–H groups in total. The van der Waals surface area contributed by atoms with Gasteiger partial charge in [0, 0.05) is 11.3 Å². The lowest BCUT2D eigenvalue weighted by Gasteiger charge is -2.20. The van der Waals surface area contributed by atoms with Crippen LogP contribution in [0.15, 0.2) is 12.1 Å². The zero-order valence-electron chi connectivity index (χ0n) is 10.6. The minimum atomic E-state index is -1.30. The van der Waals surface area contributed by atoms with Gasteiger partial charge in [-0.15, -0.1) is 0 Å². The molecule has 2 amide bonds. The van der Waals surface area contributed by atoms with E-state index in [2.05, 4.69) is 21.4 Å². The van der Waals surface area contributed by atoms with E-state index in [9.17, 15) is 9.59 Å². The Morgan fingerprint density at radius 1 is 1.32 bits per heavy atom. The number of fused-ring (bicyclic) bond motifs is 2. The average molecular weight is 261 g/mol. The number of carbonyl (C=O) groups is 2. The topological polar surface area (TPSA) is 108 Å². The van der Waals surface area contributed by atoms with Gasteiger partial charge in [0.05, 0.1) is 17.5 Å². The molecule has 7 nitrogen and oxygen atoms in total. The summed E-state index contributed by atoms with van der Waals surface area (Å²) < 4.78 is 0. The zero-order valence-corrected chi connectivity index (χ0v) is 10.6. The van der Waals surface area contributed by atoms with Crippen LogP contribution in [0.3, 0.4) is 0 Å². The fourth-order valence-electron chi connectivity index (χ4n) is 2.60. The van der Waals surface area contributed by atoms with Crippen LogP contribution in [0, 0.1) is 0 Å². The van der Waals surface area contributed by atoms with E-state index < -0.39 is 11.3 Å². The monoisotopic (exact) mass is 261 g/mol. The standard InChI is InChI=1S/C12H15N5O2/c1-5-14-8-3-6-7(4-9(8)15-5)16-10(18)12(6,2)11(19)17-13/h3-5,14-15H,13H2,1-2H3,(H,16,18)(H,17,19). The van der Waals surface area contributed by atoms with Crippen molar-refractivity contribution >= 4 is 28.9 Å². The molecule has 100 valence electrons. The number of amides is 2. The van der Waals surface area contributed by atoms with Crippen molar-refractivity contribution in [2.75, 3.05) is 16.0 Å². The summed E-state index contributed by atoms with van der Waals surface area (Å²) in [4.78, 5) is 24.0. The minimum Gasteiger partial charge on any atom is -0.364 e. The molecule has 2 unspecified atom stereocenters. The van der Waals surface area contributed by atoms with E-state index in [1.54, 1.807) is 6.92 Å². The van der Waals surface area contributed by atoms with E-state index in [4.69, 9.17) is 5.84 Å². The van der Waals surface area contributed by atoms with Crippen molar-refractivity contribution in [3.8, 4) is 0 Å². The molecule has 19 heavy (non-hydrogen) atoms. The molecule has 7 heteroatoms. The van der Waals surface area contributed by atoms with E-state index in [0.29, 0.717) is 11.3 Å². The van der Waals surface area contributed by atoms with Crippen LogP contribution in [0.4, 0.5) is 17.1 Å². The summed E-state index contributed by atoms with van der Waals surface area (Å²) in [5.41, 5.74) is 3.81. The number of anilines is 3. The van der Waals surface area contributed by atoms with Crippen molar-refractivity contribution in [3.05, 3.63) is 17.7 Å². The van der Waals surface area contributed by atoms with E-state index >= 15 is 0 Å². The Bertz CT molecular complexity index is 600. The lowest BCUT2D eigenvalue weighted by atomic mass is 9.82. The van der Waals surface area contributed by atoms with E-state index in [0.717, 1.165) is 11.4 Å². The number of nitrogens with two attached hydrogens (primary N) is 1. The van der Waals surface area contributed by atoms with E-state index in [-0.39, 0.29) is 12.1 Å². The Morgan fingerprint density at radius 2 is 1.95 bits per heavy atom. The first-order chi connectivity index (χ1) is 8.96. The summed E-state index contributed by atoms with van der Waals surface area (Å²) >= 11 is 0. The number of hydrazine groups is 1. The van der Waals surface area contributed by atoms with Crippen molar-refractivity contribution in [1.29, 1.82) is 0 Å². The molecule has 0 saturated carbocycles. The third-order valence-corrected chi connectivity index (χ3v) is 3.73. The van der Waals surface area contributed by atoms with E-state index in [1.807, 2.05) is 19.1 Å². The zero-order chi connectivity index (χ0) is 13.8. The van der Waals surface area contributed by atoms with Crippen molar-refractivity contribution in [2.45, 2.75) is 25.4 Å². The quantitative estimate of drug-likeness (QED) is 0.213. The molecule has 2 aliphatic heterocycles. The third-order valence-electron chi connectivity index (χ3n) is 3.73. The molecule has 1 aromatic carbocycles. The molecule has 0 aliphatic carbocycles. The predicted molar refractivity (Wildman–Crippen MR) is 71.5 cm³/mol. The van der Waals surface area contributed by atoms with E-state index in [1.165, 1.54) is 0 Å². The van der Waals surface area contributed by atoms with Gasteiger partial charge < -0.3 is 16.0 Å². The Balaban J connectivity index is 2.15. The van der Waals surface area contributed by atoms with Gasteiger partial charge >= 0.3 is 0 Å². The number of hydrogen-bond acceptors (Lipinski definition) is 5. The molecule has 0 spiro atoms. The summed E-state index contributed by atoms with van der Waals surface area (Å²) in [6.45, 7) is 3.55. The molecule has 0 radical (unpaired) electrons. The summed E-state index contributed by atoms with van der Waals surface area (Å²) in [6.07, 6.45) is 0.114. The van der Waals surface area contributed by atoms with Gasteiger partial charge in [-0.2, -0.15) is 0 Å². The highest BCUT2D eigenvalue weighted by Crippen LogP contribution is 2.44. The van der Waals surface area contributed by atoms with Crippen LogP contribution in [0.5, 0.6) is 0 Å². The fourth-order valence-corrected chi connectivity index (χ4v) is 2.60. The molecule has 0 saturated heterocycles. The first kappa shape index (κ1) is 11.8. The molecular formula is C12H15N5O2. The molecule has 2 atom stereocenters. The van der Waals surface area contributed by atoms with Gasteiger partial charge in [0.15, 0.2) is 5.41 Å². The second-order valence-corrected chi connectivity index (χ2v) is 5.01. The Hall–Kier alpha value is -2.28. The van der Waals surface area contributed by atoms with Crippen LogP contribution in [-0.4, -0.2) is 18.0 Å². The van der Waals surface area contributed by atoms with Crippen LogP contribution < -0.4 is 27.2 Å². The van der Waals surface area contributed by atoms with Crippen molar-refractivity contribution in [1.82, 2.24) is 5.43 Å². The molecule has 2 heterocycles. The van der Waals surface area contributed by atoms with Crippen LogP contribution in [-0.2, 0) is 15.0 Å². The smallest absolute Gasteiger partial charge is 0.253 e. The van der Waals surface area contributed by atoms with Gasteiger partial charge in [0.1, 0.15) is 0 Å². The van der Waals surface area contributed by atoms with Crippen LogP contribution in [0.1, 0.15) is 19.4 Å². The highest BCUT2D eigenvalue weighted by atomic mass is 16.2. The van der Waals surface area contributed by atoms with Crippen LogP contribution >= 0.6 is 0 Å². The van der Waals surface area contributed by atoms with Crippen LogP contribution in [0.25, 0.3) is 0 Å². The highest BCUT2D eigenvalue weighted by Gasteiger charge is 2.49. The molecule has 1 aromatic rings. The minimum absolute atomic E-state index is 0.114. The molecule has 0 fully saturated rings. The van der Waals surface area contributed by atoms with Gasteiger partial charge in [-0.1, -0.05) is 0 Å². The fraction of sp³-hybridized carbons (Fsp3) is 0.333. The molecule has 3 rings (SSSR count). The molecular weight excluding hydrogens is 246 g/mol.